The number of amides is 2. The van der Waals surface area contributed by atoms with Gasteiger partial charge in [-0.05, 0) is 43.0 Å². The lowest BCUT2D eigenvalue weighted by molar-refractivity contribution is -0.140. The van der Waals surface area contributed by atoms with Gasteiger partial charge in [-0.3, -0.25) is 4.79 Å². The SMILES string of the molecule is COC(=O)CCCCCNC(=O)Nc1ccccc1N1CCc2ccccc21. The molecule has 1 heterocycles. The van der Waals surface area contributed by atoms with Crippen molar-refractivity contribution in [1.29, 1.82) is 0 Å². The molecule has 0 radical (unpaired) electrons. The van der Waals surface area contributed by atoms with E-state index in [-0.39, 0.29) is 12.0 Å². The third-order valence-corrected chi connectivity index (χ3v) is 4.90. The van der Waals surface area contributed by atoms with E-state index in [0.29, 0.717) is 13.0 Å². The minimum absolute atomic E-state index is 0.189. The standard InChI is InChI=1S/C22H27N3O3/c1-28-21(26)13-3-2-8-15-23-22(27)24-18-10-5-7-12-20(18)25-16-14-17-9-4-6-11-19(17)25/h4-7,9-12H,2-3,8,13-16H2,1H3,(H2,23,24,27). The van der Waals surface area contributed by atoms with Crippen LogP contribution in [-0.2, 0) is 16.0 Å². The van der Waals surface area contributed by atoms with Gasteiger partial charge in [0.2, 0.25) is 0 Å². The van der Waals surface area contributed by atoms with Crippen molar-refractivity contribution in [2.24, 2.45) is 0 Å². The van der Waals surface area contributed by atoms with E-state index in [9.17, 15) is 9.59 Å². The molecule has 0 atom stereocenters. The molecule has 6 heteroatoms. The van der Waals surface area contributed by atoms with Crippen LogP contribution in [0.3, 0.4) is 0 Å². The van der Waals surface area contributed by atoms with Gasteiger partial charge in [0.05, 0.1) is 18.5 Å². The fraction of sp³-hybridized carbons (Fsp3) is 0.364. The van der Waals surface area contributed by atoms with Crippen molar-refractivity contribution in [1.82, 2.24) is 5.32 Å². The minimum atomic E-state index is -0.215. The first-order valence-electron chi connectivity index (χ1n) is 9.75. The molecule has 1 aliphatic heterocycles. The summed E-state index contributed by atoms with van der Waals surface area (Å²) in [4.78, 5) is 25.6. The van der Waals surface area contributed by atoms with Crippen molar-refractivity contribution in [2.45, 2.75) is 32.1 Å². The van der Waals surface area contributed by atoms with E-state index in [1.165, 1.54) is 18.4 Å². The number of esters is 1. The lowest BCUT2D eigenvalue weighted by atomic mass is 10.2. The van der Waals surface area contributed by atoms with Crippen LogP contribution in [0.5, 0.6) is 0 Å². The number of carbonyl (C=O) groups is 2. The first-order chi connectivity index (χ1) is 13.7. The normalized spacial score (nSPS) is 12.4. The molecule has 2 aromatic rings. The van der Waals surface area contributed by atoms with Crippen molar-refractivity contribution in [3.05, 3.63) is 54.1 Å². The lowest BCUT2D eigenvalue weighted by Gasteiger charge is -2.23. The summed E-state index contributed by atoms with van der Waals surface area (Å²) in [6.45, 7) is 1.47. The van der Waals surface area contributed by atoms with E-state index in [1.807, 2.05) is 30.3 Å². The van der Waals surface area contributed by atoms with Crippen LogP contribution in [-0.4, -0.2) is 32.2 Å². The zero-order chi connectivity index (χ0) is 19.8. The molecule has 6 nitrogen and oxygen atoms in total. The Balaban J connectivity index is 1.52. The summed E-state index contributed by atoms with van der Waals surface area (Å²) >= 11 is 0. The van der Waals surface area contributed by atoms with E-state index in [2.05, 4.69) is 38.5 Å². The zero-order valence-corrected chi connectivity index (χ0v) is 16.2. The highest BCUT2D eigenvalue weighted by molar-refractivity contribution is 5.94. The summed E-state index contributed by atoms with van der Waals surface area (Å²) in [5.41, 5.74) is 4.32. The van der Waals surface area contributed by atoms with Gasteiger partial charge in [0.15, 0.2) is 0 Å². The van der Waals surface area contributed by atoms with Crippen molar-refractivity contribution in [2.75, 3.05) is 30.4 Å². The van der Waals surface area contributed by atoms with Gasteiger partial charge in [-0.2, -0.15) is 0 Å². The van der Waals surface area contributed by atoms with Gasteiger partial charge in [-0.1, -0.05) is 36.8 Å². The fourth-order valence-corrected chi connectivity index (χ4v) is 3.44. The maximum Gasteiger partial charge on any atom is 0.319 e. The Kier molecular flexibility index (Phi) is 6.89. The van der Waals surface area contributed by atoms with Gasteiger partial charge in [-0.15, -0.1) is 0 Å². The number of ether oxygens (including phenoxy) is 1. The summed E-state index contributed by atoms with van der Waals surface area (Å²) in [6, 6.07) is 16.0. The van der Waals surface area contributed by atoms with Crippen LogP contribution in [0, 0.1) is 0 Å². The third-order valence-electron chi connectivity index (χ3n) is 4.90. The molecule has 3 rings (SSSR count). The predicted octanol–water partition coefficient (Wildman–Crippen LogP) is 4.24. The first kappa shape index (κ1) is 19.7. The Bertz CT molecular complexity index is 822. The first-order valence-corrected chi connectivity index (χ1v) is 9.75. The van der Waals surface area contributed by atoms with Crippen LogP contribution in [0.15, 0.2) is 48.5 Å². The van der Waals surface area contributed by atoms with Crippen LogP contribution in [0.25, 0.3) is 0 Å². The maximum absolute atomic E-state index is 12.3. The Hall–Kier alpha value is -3.02. The van der Waals surface area contributed by atoms with Crippen LogP contribution >= 0.6 is 0 Å². The number of nitrogens with one attached hydrogen (secondary N) is 2. The van der Waals surface area contributed by atoms with Crippen molar-refractivity contribution < 1.29 is 14.3 Å². The number of anilines is 3. The van der Waals surface area contributed by atoms with Crippen LogP contribution < -0.4 is 15.5 Å². The fourth-order valence-electron chi connectivity index (χ4n) is 3.44. The maximum atomic E-state index is 12.3. The number of rotatable bonds is 8. The van der Waals surface area contributed by atoms with Gasteiger partial charge in [0.1, 0.15) is 0 Å². The number of fused-ring (bicyclic) bond motifs is 1. The van der Waals surface area contributed by atoms with Crippen LogP contribution in [0.2, 0.25) is 0 Å². The number of unbranched alkanes of at least 4 members (excludes halogenated alkanes) is 2. The Morgan fingerprint density at radius 2 is 1.75 bits per heavy atom. The number of carbonyl (C=O) groups excluding carboxylic acids is 2. The highest BCUT2D eigenvalue weighted by Gasteiger charge is 2.22. The molecule has 0 aliphatic carbocycles. The molecule has 2 aromatic carbocycles. The third kappa shape index (κ3) is 5.03. The zero-order valence-electron chi connectivity index (χ0n) is 16.2. The molecule has 2 N–H and O–H groups in total. The molecular formula is C22H27N3O3. The van der Waals surface area contributed by atoms with E-state index in [1.54, 1.807) is 0 Å². The highest BCUT2D eigenvalue weighted by atomic mass is 16.5. The Morgan fingerprint density at radius 1 is 1.00 bits per heavy atom. The number of methoxy groups -OCH3 is 1. The molecule has 148 valence electrons. The lowest BCUT2D eigenvalue weighted by Crippen LogP contribution is -2.30. The molecule has 0 saturated carbocycles. The Morgan fingerprint density at radius 3 is 2.57 bits per heavy atom. The van der Waals surface area contributed by atoms with Gasteiger partial charge < -0.3 is 20.3 Å². The molecular weight excluding hydrogens is 354 g/mol. The van der Waals surface area contributed by atoms with E-state index < -0.39 is 0 Å². The van der Waals surface area contributed by atoms with Crippen LogP contribution in [0.4, 0.5) is 21.9 Å². The number of urea groups is 1. The summed E-state index contributed by atoms with van der Waals surface area (Å²) in [7, 11) is 1.40. The number of nitrogens with zero attached hydrogens (tertiary/aromatic N) is 1. The molecule has 28 heavy (non-hydrogen) atoms. The Labute approximate surface area is 165 Å². The average molecular weight is 381 g/mol. The number of hydrogen-bond donors (Lipinski definition) is 2. The molecule has 0 spiro atoms. The predicted molar refractivity (Wildman–Crippen MR) is 111 cm³/mol. The molecule has 0 unspecified atom stereocenters. The second-order valence-electron chi connectivity index (χ2n) is 6.82. The average Bonchev–Trinajstić information content (AvgIpc) is 3.14. The number of hydrogen-bond acceptors (Lipinski definition) is 4. The number of para-hydroxylation sites is 3. The summed E-state index contributed by atoms with van der Waals surface area (Å²) in [5, 5.41) is 5.86. The van der Waals surface area contributed by atoms with Crippen LogP contribution in [0.1, 0.15) is 31.2 Å². The monoisotopic (exact) mass is 381 g/mol. The van der Waals surface area contributed by atoms with Crippen molar-refractivity contribution >= 4 is 29.1 Å². The summed E-state index contributed by atoms with van der Waals surface area (Å²) in [6.07, 6.45) is 3.89. The quantitative estimate of drug-likeness (QED) is 0.530. The van der Waals surface area contributed by atoms with Gasteiger partial charge in [-0.25, -0.2) is 4.79 Å². The second kappa shape index (κ2) is 9.78. The molecule has 0 bridgehead atoms. The topological polar surface area (TPSA) is 70.7 Å². The van der Waals surface area contributed by atoms with Gasteiger partial charge >= 0.3 is 12.0 Å². The molecule has 0 saturated heterocycles. The highest BCUT2D eigenvalue weighted by Crippen LogP contribution is 2.37. The van der Waals surface area contributed by atoms with Gasteiger partial charge in [0, 0.05) is 25.2 Å². The molecule has 2 amide bonds. The largest absolute Gasteiger partial charge is 0.469 e. The number of benzene rings is 2. The van der Waals surface area contributed by atoms with E-state index in [4.69, 9.17) is 0 Å². The summed E-state index contributed by atoms with van der Waals surface area (Å²) < 4.78 is 4.61. The van der Waals surface area contributed by atoms with Crippen molar-refractivity contribution in [3.63, 3.8) is 0 Å². The second-order valence-corrected chi connectivity index (χ2v) is 6.82. The van der Waals surface area contributed by atoms with Gasteiger partial charge in [0.25, 0.3) is 0 Å². The smallest absolute Gasteiger partial charge is 0.319 e. The van der Waals surface area contributed by atoms with E-state index in [0.717, 1.165) is 43.6 Å². The van der Waals surface area contributed by atoms with E-state index >= 15 is 0 Å². The van der Waals surface area contributed by atoms with Crippen molar-refractivity contribution in [3.8, 4) is 0 Å². The molecule has 1 aliphatic rings. The minimum Gasteiger partial charge on any atom is -0.469 e. The molecule has 0 aromatic heterocycles. The molecule has 0 fully saturated rings. The summed E-state index contributed by atoms with van der Waals surface area (Å²) in [5.74, 6) is -0.189.